The fourth-order valence-corrected chi connectivity index (χ4v) is 3.62. The Morgan fingerprint density at radius 2 is 1.89 bits per heavy atom. The summed E-state index contributed by atoms with van der Waals surface area (Å²) in [6.07, 6.45) is 0. The Morgan fingerprint density at radius 3 is 2.61 bits per heavy atom. The molecule has 1 fully saturated rings. The molecule has 2 amide bonds. The van der Waals surface area contributed by atoms with Crippen LogP contribution in [0, 0.1) is 0 Å². The molecule has 7 heteroatoms. The van der Waals surface area contributed by atoms with Gasteiger partial charge in [-0.05, 0) is 24.3 Å². The Balaban J connectivity index is 1.84. The molecule has 6 nitrogen and oxygen atoms in total. The number of carbonyl (C=O) groups excluding carboxylic acids is 2. The molecule has 1 N–H and O–H groups in total. The van der Waals surface area contributed by atoms with Gasteiger partial charge in [-0.3, -0.25) is 9.59 Å². The van der Waals surface area contributed by atoms with Crippen LogP contribution in [0.1, 0.15) is 15.9 Å². The smallest absolute Gasteiger partial charge is 0.254 e. The normalized spacial score (nSPS) is 13.9. The maximum Gasteiger partial charge on any atom is 0.254 e. The summed E-state index contributed by atoms with van der Waals surface area (Å²) in [5, 5.41) is 3.24. The summed E-state index contributed by atoms with van der Waals surface area (Å²) in [6, 6.07) is 14.8. The summed E-state index contributed by atoms with van der Waals surface area (Å²) in [6.45, 7) is 3.20. The molecule has 148 valence electrons. The number of halogens is 1. The zero-order valence-corrected chi connectivity index (χ0v) is 17.4. The first kappa shape index (κ1) is 20.4. The van der Waals surface area contributed by atoms with Gasteiger partial charge in [0.2, 0.25) is 5.91 Å². The van der Waals surface area contributed by atoms with Crippen molar-refractivity contribution in [1.29, 1.82) is 0 Å². The zero-order chi connectivity index (χ0) is 19.9. The number of amides is 2. The van der Waals surface area contributed by atoms with Crippen molar-refractivity contribution in [2.45, 2.75) is 6.54 Å². The molecule has 0 spiro atoms. The molecule has 1 aliphatic rings. The van der Waals surface area contributed by atoms with Crippen LogP contribution in [0.5, 0.6) is 5.75 Å². The lowest BCUT2D eigenvalue weighted by Crippen LogP contribution is -2.50. The van der Waals surface area contributed by atoms with E-state index in [0.29, 0.717) is 30.9 Å². The third-order valence-corrected chi connectivity index (χ3v) is 5.20. The first-order valence-corrected chi connectivity index (χ1v) is 10.0. The van der Waals surface area contributed by atoms with E-state index in [0.717, 1.165) is 23.1 Å². The zero-order valence-electron chi connectivity index (χ0n) is 15.9. The average molecular weight is 446 g/mol. The van der Waals surface area contributed by atoms with Crippen LogP contribution in [0.3, 0.4) is 0 Å². The molecule has 0 aliphatic carbocycles. The lowest BCUT2D eigenvalue weighted by atomic mass is 10.1. The van der Waals surface area contributed by atoms with Gasteiger partial charge in [-0.1, -0.05) is 40.2 Å². The van der Waals surface area contributed by atoms with Crippen molar-refractivity contribution < 1.29 is 14.3 Å². The Hall–Kier alpha value is -2.38. The van der Waals surface area contributed by atoms with Gasteiger partial charge in [0.1, 0.15) is 12.3 Å². The molecule has 0 bridgehead atoms. The van der Waals surface area contributed by atoms with E-state index in [1.807, 2.05) is 36.4 Å². The second-order valence-corrected chi connectivity index (χ2v) is 7.53. The molecule has 1 saturated heterocycles. The first-order chi connectivity index (χ1) is 13.6. The number of ether oxygens (including phenoxy) is 1. The van der Waals surface area contributed by atoms with Crippen LogP contribution in [0.15, 0.2) is 53.0 Å². The SMILES string of the molecule is COc1ccccc1CN(CC(=O)N1CCNCC1)C(=O)c1cccc(Br)c1. The van der Waals surface area contributed by atoms with Crippen LogP contribution in [0.25, 0.3) is 0 Å². The lowest BCUT2D eigenvalue weighted by molar-refractivity contribution is -0.132. The van der Waals surface area contributed by atoms with Gasteiger partial charge in [-0.2, -0.15) is 0 Å². The lowest BCUT2D eigenvalue weighted by Gasteiger charge is -2.30. The van der Waals surface area contributed by atoms with Crippen molar-refractivity contribution in [3.05, 3.63) is 64.1 Å². The second-order valence-electron chi connectivity index (χ2n) is 6.61. The van der Waals surface area contributed by atoms with Crippen LogP contribution in [0.4, 0.5) is 0 Å². The Labute approximate surface area is 173 Å². The Bertz CT molecular complexity index is 837. The molecule has 2 aromatic rings. The highest BCUT2D eigenvalue weighted by Crippen LogP contribution is 2.21. The van der Waals surface area contributed by atoms with E-state index in [1.54, 1.807) is 29.0 Å². The van der Waals surface area contributed by atoms with Gasteiger partial charge < -0.3 is 19.9 Å². The molecule has 0 aromatic heterocycles. The van der Waals surface area contributed by atoms with Gasteiger partial charge in [0.05, 0.1) is 13.7 Å². The van der Waals surface area contributed by atoms with Crippen molar-refractivity contribution in [1.82, 2.24) is 15.1 Å². The van der Waals surface area contributed by atoms with Crippen LogP contribution in [-0.2, 0) is 11.3 Å². The fourth-order valence-electron chi connectivity index (χ4n) is 3.22. The van der Waals surface area contributed by atoms with Gasteiger partial charge in [0, 0.05) is 41.8 Å². The highest BCUT2D eigenvalue weighted by molar-refractivity contribution is 9.10. The van der Waals surface area contributed by atoms with Gasteiger partial charge >= 0.3 is 0 Å². The number of para-hydroxylation sites is 1. The molecular formula is C21H24BrN3O3. The van der Waals surface area contributed by atoms with Gasteiger partial charge in [-0.15, -0.1) is 0 Å². The van der Waals surface area contributed by atoms with E-state index in [9.17, 15) is 9.59 Å². The number of methoxy groups -OCH3 is 1. The number of hydrogen-bond acceptors (Lipinski definition) is 4. The molecule has 0 atom stereocenters. The number of nitrogens with zero attached hydrogens (tertiary/aromatic N) is 2. The van der Waals surface area contributed by atoms with Crippen molar-refractivity contribution in [3.63, 3.8) is 0 Å². The highest BCUT2D eigenvalue weighted by Gasteiger charge is 2.24. The summed E-state index contributed by atoms with van der Waals surface area (Å²) in [4.78, 5) is 29.4. The summed E-state index contributed by atoms with van der Waals surface area (Å²) in [5.74, 6) is 0.472. The molecular weight excluding hydrogens is 422 g/mol. The molecule has 2 aromatic carbocycles. The van der Waals surface area contributed by atoms with E-state index >= 15 is 0 Å². The quantitative estimate of drug-likeness (QED) is 0.741. The topological polar surface area (TPSA) is 61.9 Å². The molecule has 3 rings (SSSR count). The van der Waals surface area contributed by atoms with Crippen molar-refractivity contribution >= 4 is 27.7 Å². The molecule has 1 heterocycles. The van der Waals surface area contributed by atoms with Crippen molar-refractivity contribution in [3.8, 4) is 5.75 Å². The van der Waals surface area contributed by atoms with Crippen LogP contribution >= 0.6 is 15.9 Å². The average Bonchev–Trinajstić information content (AvgIpc) is 2.73. The number of rotatable bonds is 6. The van der Waals surface area contributed by atoms with E-state index < -0.39 is 0 Å². The van der Waals surface area contributed by atoms with E-state index in [1.165, 1.54) is 0 Å². The molecule has 28 heavy (non-hydrogen) atoms. The van der Waals surface area contributed by atoms with E-state index in [2.05, 4.69) is 21.2 Å². The second kappa shape index (κ2) is 9.71. The Kier molecular flexibility index (Phi) is 7.06. The number of nitrogens with one attached hydrogen (secondary N) is 1. The summed E-state index contributed by atoms with van der Waals surface area (Å²) < 4.78 is 6.25. The van der Waals surface area contributed by atoms with Gasteiger partial charge in [0.25, 0.3) is 5.91 Å². The predicted octanol–water partition coefficient (Wildman–Crippen LogP) is 2.53. The van der Waals surface area contributed by atoms with Crippen molar-refractivity contribution in [2.24, 2.45) is 0 Å². The van der Waals surface area contributed by atoms with Gasteiger partial charge in [0.15, 0.2) is 0 Å². The van der Waals surface area contributed by atoms with Crippen molar-refractivity contribution in [2.75, 3.05) is 39.8 Å². The number of hydrogen-bond donors (Lipinski definition) is 1. The number of piperazine rings is 1. The monoisotopic (exact) mass is 445 g/mol. The van der Waals surface area contributed by atoms with E-state index in [-0.39, 0.29) is 18.4 Å². The third-order valence-electron chi connectivity index (χ3n) is 4.71. The minimum atomic E-state index is -0.185. The third kappa shape index (κ3) is 5.11. The molecule has 0 unspecified atom stereocenters. The maximum absolute atomic E-state index is 13.2. The Morgan fingerprint density at radius 1 is 1.14 bits per heavy atom. The number of carbonyl (C=O) groups is 2. The van der Waals surface area contributed by atoms with Crippen LogP contribution in [0.2, 0.25) is 0 Å². The standard InChI is InChI=1S/C21H24BrN3O3/c1-28-19-8-3-2-5-17(19)14-25(15-20(26)24-11-9-23-10-12-24)21(27)16-6-4-7-18(22)13-16/h2-8,13,23H,9-12,14-15H2,1H3. The highest BCUT2D eigenvalue weighted by atomic mass is 79.9. The largest absolute Gasteiger partial charge is 0.496 e. The van der Waals surface area contributed by atoms with Crippen LogP contribution in [-0.4, -0.2) is 61.4 Å². The summed E-state index contributed by atoms with van der Waals surface area (Å²) in [5.41, 5.74) is 1.40. The summed E-state index contributed by atoms with van der Waals surface area (Å²) in [7, 11) is 1.60. The van der Waals surface area contributed by atoms with Gasteiger partial charge in [-0.25, -0.2) is 0 Å². The molecule has 0 saturated carbocycles. The first-order valence-electron chi connectivity index (χ1n) is 9.23. The predicted molar refractivity (Wildman–Crippen MR) is 111 cm³/mol. The minimum absolute atomic E-state index is 0.0311. The van der Waals surface area contributed by atoms with Crippen LogP contribution < -0.4 is 10.1 Å². The number of benzene rings is 2. The van der Waals surface area contributed by atoms with E-state index in [4.69, 9.17) is 4.74 Å². The maximum atomic E-state index is 13.2. The minimum Gasteiger partial charge on any atom is -0.496 e. The molecule has 1 aliphatic heterocycles. The fraction of sp³-hybridized carbons (Fsp3) is 0.333. The molecule has 0 radical (unpaired) electrons. The summed E-state index contributed by atoms with van der Waals surface area (Å²) >= 11 is 3.41.